The lowest BCUT2D eigenvalue weighted by molar-refractivity contribution is -0.151. The number of hydrogen-bond donors (Lipinski definition) is 2. The van der Waals surface area contributed by atoms with E-state index in [9.17, 15) is 4.79 Å². The summed E-state index contributed by atoms with van der Waals surface area (Å²) >= 11 is 0. The van der Waals surface area contributed by atoms with Crippen molar-refractivity contribution in [2.75, 3.05) is 6.54 Å². The van der Waals surface area contributed by atoms with Gasteiger partial charge < -0.3 is 10.4 Å². The van der Waals surface area contributed by atoms with Crippen molar-refractivity contribution in [3.05, 3.63) is 0 Å². The van der Waals surface area contributed by atoms with Crippen LogP contribution in [0, 0.1) is 16.7 Å². The van der Waals surface area contributed by atoms with Crippen molar-refractivity contribution in [3.63, 3.8) is 0 Å². The Hall–Kier alpha value is -1.08. The zero-order chi connectivity index (χ0) is 12.1. The van der Waals surface area contributed by atoms with Crippen molar-refractivity contribution in [2.24, 2.45) is 5.41 Å². The van der Waals surface area contributed by atoms with Crippen LogP contribution >= 0.6 is 0 Å². The summed E-state index contributed by atoms with van der Waals surface area (Å²) in [6.07, 6.45) is 1.24. The first-order valence-electron chi connectivity index (χ1n) is 5.11. The van der Waals surface area contributed by atoms with Gasteiger partial charge in [0.05, 0.1) is 11.5 Å². The Morgan fingerprint density at radius 3 is 2.33 bits per heavy atom. The van der Waals surface area contributed by atoms with Gasteiger partial charge in [-0.15, -0.1) is 0 Å². The summed E-state index contributed by atoms with van der Waals surface area (Å²) in [6.45, 7) is 7.80. The van der Waals surface area contributed by atoms with E-state index in [1.807, 2.05) is 13.8 Å². The van der Waals surface area contributed by atoms with E-state index in [1.165, 1.54) is 0 Å². The van der Waals surface area contributed by atoms with Crippen LogP contribution in [-0.2, 0) is 4.79 Å². The average molecular weight is 212 g/mol. The Bertz CT molecular complexity index is 264. The highest BCUT2D eigenvalue weighted by Crippen LogP contribution is 2.30. The minimum absolute atomic E-state index is 0.492. The summed E-state index contributed by atoms with van der Waals surface area (Å²) < 4.78 is 0. The fourth-order valence-electron chi connectivity index (χ4n) is 1.06. The molecule has 0 fully saturated rings. The quantitative estimate of drug-likeness (QED) is 0.658. The molecule has 0 aliphatic heterocycles. The van der Waals surface area contributed by atoms with Crippen LogP contribution < -0.4 is 5.32 Å². The smallest absolute Gasteiger partial charge is 0.310 e. The van der Waals surface area contributed by atoms with Crippen molar-refractivity contribution in [1.29, 1.82) is 5.26 Å². The molecule has 2 N–H and O–H groups in total. The van der Waals surface area contributed by atoms with Gasteiger partial charge in [-0.3, -0.25) is 4.79 Å². The van der Waals surface area contributed by atoms with E-state index in [1.54, 1.807) is 13.8 Å². The van der Waals surface area contributed by atoms with Gasteiger partial charge in [0.1, 0.15) is 0 Å². The zero-order valence-electron chi connectivity index (χ0n) is 9.92. The lowest BCUT2D eigenvalue weighted by Gasteiger charge is -2.39. The van der Waals surface area contributed by atoms with E-state index in [0.29, 0.717) is 13.0 Å². The molecule has 0 bridgehead atoms. The van der Waals surface area contributed by atoms with E-state index in [4.69, 9.17) is 10.4 Å². The van der Waals surface area contributed by atoms with Gasteiger partial charge in [-0.05, 0) is 40.7 Å². The third-order valence-electron chi connectivity index (χ3n) is 3.13. The maximum Gasteiger partial charge on any atom is 0.310 e. The van der Waals surface area contributed by atoms with Crippen LogP contribution in [0.25, 0.3) is 0 Å². The molecule has 0 aromatic rings. The monoisotopic (exact) mass is 212 g/mol. The van der Waals surface area contributed by atoms with Crippen molar-refractivity contribution < 1.29 is 9.90 Å². The number of rotatable bonds is 6. The van der Waals surface area contributed by atoms with Crippen LogP contribution in [0.5, 0.6) is 0 Å². The second-order valence-corrected chi connectivity index (χ2v) is 4.74. The summed E-state index contributed by atoms with van der Waals surface area (Å²) in [4.78, 5) is 11.1. The van der Waals surface area contributed by atoms with Gasteiger partial charge in [0, 0.05) is 12.0 Å². The molecular weight excluding hydrogens is 192 g/mol. The lowest BCUT2D eigenvalue weighted by Crippen LogP contribution is -2.55. The van der Waals surface area contributed by atoms with Gasteiger partial charge in [0.25, 0.3) is 0 Å². The highest BCUT2D eigenvalue weighted by Gasteiger charge is 2.42. The Balaban J connectivity index is 4.30. The number of aliphatic carboxylic acids is 1. The molecule has 0 aromatic carbocycles. The summed E-state index contributed by atoms with van der Waals surface area (Å²) in [5.41, 5.74) is -1.33. The summed E-state index contributed by atoms with van der Waals surface area (Å²) in [5, 5.41) is 20.6. The number of nitriles is 1. The fourth-order valence-corrected chi connectivity index (χ4v) is 1.06. The molecule has 86 valence electrons. The van der Waals surface area contributed by atoms with Crippen LogP contribution in [0.2, 0.25) is 0 Å². The first-order chi connectivity index (χ1) is 6.75. The first-order valence-corrected chi connectivity index (χ1v) is 5.11. The molecule has 0 aliphatic rings. The maximum atomic E-state index is 11.1. The third-order valence-corrected chi connectivity index (χ3v) is 3.13. The molecule has 0 aromatic heterocycles. The average Bonchev–Trinajstić information content (AvgIpc) is 2.12. The highest BCUT2D eigenvalue weighted by atomic mass is 16.4. The van der Waals surface area contributed by atoms with Gasteiger partial charge in [-0.2, -0.15) is 5.26 Å². The van der Waals surface area contributed by atoms with Crippen LogP contribution in [0.3, 0.4) is 0 Å². The number of nitrogens with one attached hydrogen (secondary N) is 1. The SMILES string of the molecule is CC(C)(NCCCC#N)C(C)(C)C(=O)O. The molecule has 0 saturated heterocycles. The maximum absolute atomic E-state index is 11.1. The second kappa shape index (κ2) is 5.13. The van der Waals surface area contributed by atoms with Crippen molar-refractivity contribution in [1.82, 2.24) is 5.32 Å². The molecule has 0 heterocycles. The Morgan fingerprint density at radius 1 is 1.40 bits per heavy atom. The second-order valence-electron chi connectivity index (χ2n) is 4.74. The van der Waals surface area contributed by atoms with Crippen LogP contribution in [-0.4, -0.2) is 23.2 Å². The van der Waals surface area contributed by atoms with Gasteiger partial charge >= 0.3 is 5.97 Å². The molecule has 0 spiro atoms. The molecule has 4 heteroatoms. The minimum atomic E-state index is -0.834. The molecule has 0 unspecified atom stereocenters. The van der Waals surface area contributed by atoms with E-state index in [2.05, 4.69) is 11.4 Å². The Kier molecular flexibility index (Phi) is 4.76. The zero-order valence-corrected chi connectivity index (χ0v) is 9.92. The predicted octanol–water partition coefficient (Wildman–Crippen LogP) is 1.77. The highest BCUT2D eigenvalue weighted by molar-refractivity contribution is 5.75. The first kappa shape index (κ1) is 13.9. The van der Waals surface area contributed by atoms with Crippen molar-refractivity contribution in [3.8, 4) is 6.07 Å². The van der Waals surface area contributed by atoms with Crippen LogP contribution in [0.15, 0.2) is 0 Å². The molecule has 0 amide bonds. The molecule has 4 nitrogen and oxygen atoms in total. The summed E-state index contributed by atoms with van der Waals surface area (Å²) in [7, 11) is 0. The fraction of sp³-hybridized carbons (Fsp3) is 0.818. The number of hydrogen-bond acceptors (Lipinski definition) is 3. The molecule has 0 atom stereocenters. The summed E-state index contributed by atoms with van der Waals surface area (Å²) in [5.74, 6) is -0.819. The number of unbranched alkanes of at least 4 members (excludes halogenated alkanes) is 1. The van der Waals surface area contributed by atoms with Crippen molar-refractivity contribution >= 4 is 5.97 Å². The van der Waals surface area contributed by atoms with Crippen molar-refractivity contribution in [2.45, 2.75) is 46.1 Å². The molecule has 15 heavy (non-hydrogen) atoms. The number of carbonyl (C=O) groups is 1. The van der Waals surface area contributed by atoms with Crippen LogP contribution in [0.4, 0.5) is 0 Å². The topological polar surface area (TPSA) is 73.1 Å². The molecular formula is C11H20N2O2. The Morgan fingerprint density at radius 2 is 1.93 bits per heavy atom. The standard InChI is InChI=1S/C11H20N2O2/c1-10(2,9(14)15)11(3,4)13-8-6-5-7-12/h13H,5-6,8H2,1-4H3,(H,14,15). The molecule has 0 rings (SSSR count). The normalized spacial score (nSPS) is 12.2. The van der Waals surface area contributed by atoms with Crippen LogP contribution in [0.1, 0.15) is 40.5 Å². The van der Waals surface area contributed by atoms with Gasteiger partial charge in [0.15, 0.2) is 0 Å². The van der Waals surface area contributed by atoms with E-state index >= 15 is 0 Å². The Labute approximate surface area is 91.3 Å². The summed E-state index contributed by atoms with van der Waals surface area (Å²) in [6, 6.07) is 2.06. The van der Waals surface area contributed by atoms with E-state index < -0.39 is 16.9 Å². The predicted molar refractivity (Wildman–Crippen MR) is 58.3 cm³/mol. The minimum Gasteiger partial charge on any atom is -0.481 e. The number of nitrogens with zero attached hydrogens (tertiary/aromatic N) is 1. The van der Waals surface area contributed by atoms with Gasteiger partial charge in [-0.1, -0.05) is 0 Å². The van der Waals surface area contributed by atoms with E-state index in [0.717, 1.165) is 6.42 Å². The van der Waals surface area contributed by atoms with Gasteiger partial charge in [0.2, 0.25) is 0 Å². The molecule has 0 saturated carbocycles. The van der Waals surface area contributed by atoms with Gasteiger partial charge in [-0.25, -0.2) is 0 Å². The number of carboxylic acids is 1. The largest absolute Gasteiger partial charge is 0.481 e. The molecule has 0 aliphatic carbocycles. The lowest BCUT2D eigenvalue weighted by atomic mass is 9.74. The number of carboxylic acid groups (broad SMARTS) is 1. The molecule has 0 radical (unpaired) electrons. The third kappa shape index (κ3) is 3.52. The van der Waals surface area contributed by atoms with E-state index in [-0.39, 0.29) is 0 Å².